The molecule has 10 heteroatoms. The van der Waals surface area contributed by atoms with Crippen LogP contribution in [0, 0.1) is 11.8 Å². The van der Waals surface area contributed by atoms with E-state index in [1.54, 1.807) is 0 Å². The van der Waals surface area contributed by atoms with Gasteiger partial charge in [0.15, 0.2) is 12.5 Å². The zero-order chi connectivity index (χ0) is 18.2. The molecule has 0 spiro atoms. The lowest BCUT2D eigenvalue weighted by Crippen LogP contribution is -2.51. The lowest BCUT2D eigenvalue weighted by atomic mass is 9.87. The van der Waals surface area contributed by atoms with Crippen molar-refractivity contribution in [3.8, 4) is 0 Å². The molecule has 23 heavy (non-hydrogen) atoms. The van der Waals surface area contributed by atoms with Crippen LogP contribution < -0.4 is 5.32 Å². The van der Waals surface area contributed by atoms with Gasteiger partial charge in [0.05, 0.1) is 14.2 Å². The molecule has 1 amide bonds. The maximum Gasteiger partial charge on any atom is 0.326 e. The highest BCUT2D eigenvalue weighted by atomic mass is 16.5. The Balaban J connectivity index is 5.21. The third kappa shape index (κ3) is 6.32. The minimum absolute atomic E-state index is 0.688. The highest BCUT2D eigenvalue weighted by molar-refractivity contribution is 5.96. The quantitative estimate of drug-likeness (QED) is 0.315. The first-order valence-corrected chi connectivity index (χ1v) is 6.46. The molecule has 0 aromatic rings. The van der Waals surface area contributed by atoms with E-state index in [2.05, 4.69) is 19.5 Å². The van der Waals surface area contributed by atoms with E-state index in [4.69, 9.17) is 0 Å². The Hall–Kier alpha value is -2.65. The van der Waals surface area contributed by atoms with Crippen LogP contribution in [0.1, 0.15) is 13.8 Å². The molecule has 0 aliphatic heterocycles. The summed E-state index contributed by atoms with van der Waals surface area (Å²) in [4.78, 5) is 56.9. The Morgan fingerprint density at radius 2 is 1.52 bits per heavy atom. The molecule has 2 atom stereocenters. The van der Waals surface area contributed by atoms with Gasteiger partial charge in [-0.05, 0) is 0 Å². The minimum Gasteiger partial charge on any atom is -0.480 e. The van der Waals surface area contributed by atoms with Crippen LogP contribution in [0.2, 0.25) is 0 Å². The number of carboxylic acid groups (broad SMARTS) is 1. The number of hydrogen-bond donors (Lipinski definition) is 2. The van der Waals surface area contributed by atoms with Gasteiger partial charge >= 0.3 is 23.9 Å². The average molecular weight is 333 g/mol. The van der Waals surface area contributed by atoms with Crippen molar-refractivity contribution < 1.29 is 43.3 Å². The molecule has 0 rings (SSSR count). The van der Waals surface area contributed by atoms with Crippen molar-refractivity contribution >= 4 is 29.8 Å². The van der Waals surface area contributed by atoms with Gasteiger partial charge in [-0.1, -0.05) is 6.92 Å². The van der Waals surface area contributed by atoms with Crippen LogP contribution in [0.3, 0.4) is 0 Å². The number of ether oxygens (including phenoxy) is 3. The molecule has 0 aromatic heterocycles. The van der Waals surface area contributed by atoms with Gasteiger partial charge in [0, 0.05) is 12.8 Å². The van der Waals surface area contributed by atoms with Crippen molar-refractivity contribution in [2.24, 2.45) is 11.8 Å². The van der Waals surface area contributed by atoms with Gasteiger partial charge in [0.25, 0.3) is 5.91 Å². The van der Waals surface area contributed by atoms with Crippen LogP contribution in [-0.2, 0) is 38.2 Å². The number of hydrogen-bond acceptors (Lipinski definition) is 8. The molecule has 0 aliphatic rings. The zero-order valence-electron chi connectivity index (χ0n) is 13.2. The number of rotatable bonds is 8. The fraction of sp³-hybridized carbons (Fsp3) is 0.615. The fourth-order valence-corrected chi connectivity index (χ4v) is 1.77. The molecule has 0 aliphatic carbocycles. The van der Waals surface area contributed by atoms with Crippen LogP contribution in [0.4, 0.5) is 0 Å². The summed E-state index contributed by atoms with van der Waals surface area (Å²) < 4.78 is 13.3. The van der Waals surface area contributed by atoms with E-state index in [1.165, 1.54) is 6.92 Å². The second-order valence-corrected chi connectivity index (χ2v) is 4.55. The van der Waals surface area contributed by atoms with E-state index in [9.17, 15) is 29.1 Å². The number of carboxylic acids is 1. The monoisotopic (exact) mass is 333 g/mol. The van der Waals surface area contributed by atoms with Gasteiger partial charge in [-0.15, -0.1) is 0 Å². The van der Waals surface area contributed by atoms with Gasteiger partial charge in [0.1, 0.15) is 6.04 Å². The van der Waals surface area contributed by atoms with E-state index >= 15 is 0 Å². The fourth-order valence-electron chi connectivity index (χ4n) is 1.77. The number of methoxy groups -OCH3 is 2. The van der Waals surface area contributed by atoms with Gasteiger partial charge in [-0.3, -0.25) is 19.2 Å². The van der Waals surface area contributed by atoms with Gasteiger partial charge in [0.2, 0.25) is 0 Å². The molecule has 0 fully saturated rings. The number of aliphatic carboxylic acids is 1. The van der Waals surface area contributed by atoms with Crippen molar-refractivity contribution in [1.82, 2.24) is 5.32 Å². The Bertz CT molecular complexity index is 472. The van der Waals surface area contributed by atoms with Crippen LogP contribution in [0.15, 0.2) is 0 Å². The van der Waals surface area contributed by atoms with Crippen LogP contribution in [0.25, 0.3) is 0 Å². The maximum absolute atomic E-state index is 11.7. The highest BCUT2D eigenvalue weighted by Crippen LogP contribution is 2.19. The summed E-state index contributed by atoms with van der Waals surface area (Å²) in [6.45, 7) is 1.66. The van der Waals surface area contributed by atoms with E-state index in [0.717, 1.165) is 21.1 Å². The molecular weight excluding hydrogens is 314 g/mol. The highest BCUT2D eigenvalue weighted by Gasteiger charge is 2.42. The molecule has 0 saturated heterocycles. The van der Waals surface area contributed by atoms with Crippen LogP contribution >= 0.6 is 0 Å². The molecule has 2 N–H and O–H groups in total. The molecule has 0 radical (unpaired) electrons. The van der Waals surface area contributed by atoms with E-state index in [1.807, 2.05) is 0 Å². The van der Waals surface area contributed by atoms with Gasteiger partial charge in [-0.25, -0.2) is 4.79 Å². The second kappa shape index (κ2) is 9.38. The molecule has 0 saturated carbocycles. The van der Waals surface area contributed by atoms with Crippen LogP contribution in [-0.4, -0.2) is 61.8 Å². The topological polar surface area (TPSA) is 145 Å². The number of esters is 3. The van der Waals surface area contributed by atoms with Crippen LogP contribution in [0.5, 0.6) is 0 Å². The summed E-state index contributed by atoms with van der Waals surface area (Å²) in [5.74, 6) is -7.80. The van der Waals surface area contributed by atoms with Crippen molar-refractivity contribution in [2.45, 2.75) is 19.9 Å². The molecule has 10 nitrogen and oxygen atoms in total. The molecule has 0 aromatic carbocycles. The summed E-state index contributed by atoms with van der Waals surface area (Å²) in [7, 11) is 2.06. The van der Waals surface area contributed by atoms with E-state index in [-0.39, 0.29) is 0 Å². The van der Waals surface area contributed by atoms with Crippen molar-refractivity contribution in [3.63, 3.8) is 0 Å². The molecule has 0 heterocycles. The Kier molecular flexibility index (Phi) is 8.30. The van der Waals surface area contributed by atoms with E-state index < -0.39 is 54.3 Å². The number of carbonyl (C=O) groups excluding carboxylic acids is 4. The zero-order valence-corrected chi connectivity index (χ0v) is 13.2. The van der Waals surface area contributed by atoms with Crippen molar-refractivity contribution in [3.05, 3.63) is 0 Å². The molecule has 130 valence electrons. The lowest BCUT2D eigenvalue weighted by Gasteiger charge is -2.25. The number of amides is 1. The Labute approximate surface area is 132 Å². The first-order valence-electron chi connectivity index (χ1n) is 6.46. The average Bonchev–Trinajstić information content (AvgIpc) is 2.49. The third-order valence-corrected chi connectivity index (χ3v) is 2.95. The Morgan fingerprint density at radius 3 is 1.87 bits per heavy atom. The van der Waals surface area contributed by atoms with Gasteiger partial charge in [-0.2, -0.15) is 0 Å². The summed E-state index contributed by atoms with van der Waals surface area (Å²) in [5.41, 5.74) is 0. The lowest BCUT2D eigenvalue weighted by molar-refractivity contribution is -0.163. The standard InChI is InChI=1S/C13H19NO9/c1-6(9(12(19)21-3)13(20)22-4)10(11(17)18)14-8(16)5-23-7(2)15/h6,9-10H,5H2,1-4H3,(H,14,16)(H,17,18)/t6-,10-/m0/s1. The minimum atomic E-state index is -1.60. The summed E-state index contributed by atoms with van der Waals surface area (Å²) in [5, 5.41) is 11.3. The third-order valence-electron chi connectivity index (χ3n) is 2.95. The SMILES string of the molecule is COC(=O)C(C(=O)OC)[C@H](C)[C@H](NC(=O)COC(C)=O)C(=O)O. The maximum atomic E-state index is 11.7. The normalized spacial score (nSPS) is 12.7. The summed E-state index contributed by atoms with van der Waals surface area (Å²) >= 11 is 0. The summed E-state index contributed by atoms with van der Waals surface area (Å²) in [6, 6.07) is -1.60. The first kappa shape index (κ1) is 20.3. The van der Waals surface area contributed by atoms with Gasteiger partial charge < -0.3 is 24.6 Å². The van der Waals surface area contributed by atoms with Crippen molar-refractivity contribution in [2.75, 3.05) is 20.8 Å². The van der Waals surface area contributed by atoms with E-state index in [0.29, 0.717) is 0 Å². The predicted molar refractivity (Wildman–Crippen MR) is 72.9 cm³/mol. The largest absolute Gasteiger partial charge is 0.480 e. The number of carbonyl (C=O) groups is 5. The smallest absolute Gasteiger partial charge is 0.326 e. The molecule has 0 bridgehead atoms. The summed E-state index contributed by atoms with van der Waals surface area (Å²) in [6.07, 6.45) is 0. The first-order chi connectivity index (χ1) is 10.6. The molecular formula is C13H19NO9. The number of nitrogens with one attached hydrogen (secondary N) is 1. The van der Waals surface area contributed by atoms with Crippen molar-refractivity contribution in [1.29, 1.82) is 0 Å². The predicted octanol–water partition coefficient (Wildman–Crippen LogP) is -1.28. The Morgan fingerprint density at radius 1 is 1.04 bits per heavy atom. The molecule has 0 unspecified atom stereocenters. The second-order valence-electron chi connectivity index (χ2n) is 4.55.